The molecule has 0 radical (unpaired) electrons. The van der Waals surface area contributed by atoms with Crippen LogP contribution in [0.5, 0.6) is 0 Å². The van der Waals surface area contributed by atoms with E-state index in [0.29, 0.717) is 52.4 Å². The highest BCUT2D eigenvalue weighted by atomic mass is 35.5. The van der Waals surface area contributed by atoms with E-state index in [1.807, 2.05) is 23.1 Å². The minimum Gasteiger partial charge on any atom is -0.355 e. The van der Waals surface area contributed by atoms with Gasteiger partial charge in [-0.25, -0.2) is 4.98 Å². The number of benzene rings is 2. The largest absolute Gasteiger partial charge is 0.355 e. The molecule has 0 aliphatic carbocycles. The van der Waals surface area contributed by atoms with Crippen molar-refractivity contribution in [2.24, 2.45) is 0 Å². The number of nitrogens with zero attached hydrogens (tertiary/aromatic N) is 6. The Hall–Kier alpha value is -3.49. The number of carbonyl (C=O) groups is 2. The van der Waals surface area contributed by atoms with Crippen molar-refractivity contribution in [2.45, 2.75) is 0 Å². The summed E-state index contributed by atoms with van der Waals surface area (Å²) in [5.41, 5.74) is 2.36. The molecule has 0 spiro atoms. The fourth-order valence-corrected chi connectivity index (χ4v) is 6.55. The lowest BCUT2D eigenvalue weighted by Crippen LogP contribution is -2.49. The Morgan fingerprint density at radius 1 is 0.933 bits per heavy atom. The maximum atomic E-state index is 13.2. The lowest BCUT2D eigenvalue weighted by molar-refractivity contribution is 0.0694. The van der Waals surface area contributed by atoms with Gasteiger partial charge in [0, 0.05) is 83.0 Å². The first kappa shape index (κ1) is 32.9. The van der Waals surface area contributed by atoms with E-state index < -0.39 is 0 Å². The average molecular weight is 668 g/mol. The van der Waals surface area contributed by atoms with E-state index in [1.165, 1.54) is 6.20 Å². The fraction of sp³-hybridized carbons (Fsp3) is 0.387. The molecule has 11 nitrogen and oxygen atoms in total. The van der Waals surface area contributed by atoms with E-state index in [4.69, 9.17) is 23.8 Å². The molecule has 0 saturated carbocycles. The lowest BCUT2D eigenvalue weighted by atomic mass is 10.1. The molecule has 45 heavy (non-hydrogen) atoms. The topological polar surface area (TPSA) is 109 Å². The van der Waals surface area contributed by atoms with Crippen LogP contribution in [0.25, 0.3) is 0 Å². The molecule has 14 heteroatoms. The third-order valence-corrected chi connectivity index (χ3v) is 9.62. The Balaban J connectivity index is 1.11. The quantitative estimate of drug-likeness (QED) is 0.288. The van der Waals surface area contributed by atoms with Gasteiger partial charge in [-0.2, -0.15) is 4.98 Å². The van der Waals surface area contributed by atoms with Gasteiger partial charge in [0.1, 0.15) is 9.34 Å². The number of thiocarbonyl (C=S) groups is 1. The molecule has 2 aliphatic rings. The molecule has 0 unspecified atom stereocenters. The summed E-state index contributed by atoms with van der Waals surface area (Å²) in [6.45, 7) is 8.28. The predicted molar refractivity (Wildman–Crippen MR) is 186 cm³/mol. The first-order chi connectivity index (χ1) is 21.8. The van der Waals surface area contributed by atoms with Gasteiger partial charge < -0.3 is 30.7 Å². The number of thioether (sulfide) groups is 1. The maximum Gasteiger partial charge on any atom is 0.253 e. The number of anilines is 4. The molecular weight excluding hydrogens is 630 g/mol. The molecule has 2 saturated heterocycles. The van der Waals surface area contributed by atoms with E-state index >= 15 is 0 Å². The van der Waals surface area contributed by atoms with Crippen LogP contribution >= 0.6 is 35.6 Å². The predicted octanol–water partition coefficient (Wildman–Crippen LogP) is 4.00. The number of hydrogen-bond acceptors (Lipinski definition) is 10. The SMILES string of the molecule is CNC(=O)c1ccccc1Nc1nc(Nc2ccc(C(=O)N3CCN(C(=S)SCCN4CCN(C)CC4)CC3)cc2)ncc1Cl. The van der Waals surface area contributed by atoms with Crippen molar-refractivity contribution < 1.29 is 9.59 Å². The Kier molecular flexibility index (Phi) is 11.5. The Bertz CT molecular complexity index is 1490. The number of rotatable bonds is 9. The molecule has 2 aliphatic heterocycles. The van der Waals surface area contributed by atoms with Gasteiger partial charge >= 0.3 is 0 Å². The molecule has 3 N–H and O–H groups in total. The number of carbonyl (C=O) groups excluding carboxylic acids is 2. The summed E-state index contributed by atoms with van der Waals surface area (Å²) < 4.78 is 0.921. The number of hydrogen-bond donors (Lipinski definition) is 3. The van der Waals surface area contributed by atoms with Gasteiger partial charge in [0.05, 0.1) is 17.4 Å². The van der Waals surface area contributed by atoms with Crippen molar-refractivity contribution in [3.05, 3.63) is 70.9 Å². The van der Waals surface area contributed by atoms with Crippen molar-refractivity contribution in [3.8, 4) is 0 Å². The minimum atomic E-state index is -0.229. The molecule has 2 amide bonds. The molecule has 3 heterocycles. The smallest absolute Gasteiger partial charge is 0.253 e. The van der Waals surface area contributed by atoms with E-state index in [1.54, 1.807) is 49.1 Å². The zero-order chi connectivity index (χ0) is 31.8. The molecule has 0 bridgehead atoms. The normalized spacial score (nSPS) is 15.9. The Morgan fingerprint density at radius 2 is 1.62 bits per heavy atom. The highest BCUT2D eigenvalue weighted by Gasteiger charge is 2.24. The number of piperazine rings is 2. The van der Waals surface area contributed by atoms with Gasteiger partial charge in [0.2, 0.25) is 5.95 Å². The van der Waals surface area contributed by atoms with Crippen LogP contribution in [0.3, 0.4) is 0 Å². The monoisotopic (exact) mass is 667 g/mol. The second-order valence-corrected chi connectivity index (χ2v) is 13.0. The summed E-state index contributed by atoms with van der Waals surface area (Å²) in [5, 5.41) is 9.22. The Morgan fingerprint density at radius 3 is 2.33 bits per heavy atom. The third kappa shape index (κ3) is 8.82. The van der Waals surface area contributed by atoms with Crippen LogP contribution in [0.4, 0.5) is 23.1 Å². The number of para-hydroxylation sites is 1. The first-order valence-corrected chi connectivity index (χ1v) is 16.7. The van der Waals surface area contributed by atoms with E-state index in [2.05, 4.69) is 47.7 Å². The van der Waals surface area contributed by atoms with Crippen molar-refractivity contribution in [1.82, 2.24) is 34.9 Å². The molecule has 2 aromatic carbocycles. The van der Waals surface area contributed by atoms with Crippen LogP contribution in [0.2, 0.25) is 5.02 Å². The van der Waals surface area contributed by atoms with E-state index in [-0.39, 0.29) is 11.8 Å². The molecule has 2 fully saturated rings. The van der Waals surface area contributed by atoms with Crippen LogP contribution in [0, 0.1) is 0 Å². The summed E-state index contributed by atoms with van der Waals surface area (Å²) in [6.07, 6.45) is 1.48. The number of halogens is 1. The third-order valence-electron chi connectivity index (χ3n) is 7.84. The van der Waals surface area contributed by atoms with Crippen molar-refractivity contribution in [3.63, 3.8) is 0 Å². The average Bonchev–Trinajstić information content (AvgIpc) is 3.07. The van der Waals surface area contributed by atoms with Crippen molar-refractivity contribution in [2.75, 3.05) is 89.4 Å². The minimum absolute atomic E-state index is 0.00107. The van der Waals surface area contributed by atoms with Crippen molar-refractivity contribution in [1.29, 1.82) is 0 Å². The van der Waals surface area contributed by atoms with Crippen LogP contribution in [0.15, 0.2) is 54.7 Å². The summed E-state index contributed by atoms with van der Waals surface area (Å²) in [6, 6.07) is 14.3. The summed E-state index contributed by atoms with van der Waals surface area (Å²) in [5.74, 6) is 1.43. The molecular formula is C31H38ClN9O2S2. The number of nitrogens with one attached hydrogen (secondary N) is 3. The molecule has 0 atom stereocenters. The molecule has 238 valence electrons. The van der Waals surface area contributed by atoms with Crippen LogP contribution in [0.1, 0.15) is 20.7 Å². The summed E-state index contributed by atoms with van der Waals surface area (Å²) in [4.78, 5) is 43.2. The lowest BCUT2D eigenvalue weighted by Gasteiger charge is -2.36. The summed E-state index contributed by atoms with van der Waals surface area (Å²) in [7, 11) is 3.75. The van der Waals surface area contributed by atoms with E-state index in [0.717, 1.165) is 55.9 Å². The fourth-order valence-electron chi connectivity index (χ4n) is 5.09. The molecule has 3 aromatic rings. The zero-order valence-electron chi connectivity index (χ0n) is 25.5. The van der Waals surface area contributed by atoms with Gasteiger partial charge in [-0.15, -0.1) is 0 Å². The second-order valence-electron chi connectivity index (χ2n) is 10.9. The number of likely N-dealkylation sites (N-methyl/N-ethyl adjacent to an activating group) is 1. The standard InChI is InChI=1S/C31H38ClN9O2S2/c1-33-28(42)24-5-3-4-6-26(24)36-27-25(32)21-34-30(37-27)35-23-9-7-22(8-10-23)29(43)40-15-17-41(18-16-40)31(44)45-20-19-39-13-11-38(2)12-14-39/h3-10,21H,11-20H2,1-2H3,(H,33,42)(H2,34,35,36,37). The van der Waals surface area contributed by atoms with Crippen LogP contribution in [-0.4, -0.2) is 124 Å². The van der Waals surface area contributed by atoms with Gasteiger partial charge in [0.25, 0.3) is 11.8 Å². The number of aromatic nitrogens is 2. The van der Waals surface area contributed by atoms with Crippen LogP contribution < -0.4 is 16.0 Å². The second kappa shape index (κ2) is 15.7. The van der Waals surface area contributed by atoms with Crippen LogP contribution in [-0.2, 0) is 0 Å². The highest BCUT2D eigenvalue weighted by Crippen LogP contribution is 2.27. The first-order valence-electron chi connectivity index (χ1n) is 14.9. The highest BCUT2D eigenvalue weighted by molar-refractivity contribution is 8.22. The van der Waals surface area contributed by atoms with Crippen molar-refractivity contribution >= 4 is 74.9 Å². The molecule has 5 rings (SSSR count). The van der Waals surface area contributed by atoms with E-state index in [9.17, 15) is 9.59 Å². The summed E-state index contributed by atoms with van der Waals surface area (Å²) >= 11 is 13.8. The van der Waals surface area contributed by atoms with Gasteiger partial charge in [-0.05, 0) is 43.4 Å². The zero-order valence-corrected chi connectivity index (χ0v) is 27.9. The van der Waals surface area contributed by atoms with Gasteiger partial charge in [-0.1, -0.05) is 47.7 Å². The maximum absolute atomic E-state index is 13.2. The Labute approximate surface area is 278 Å². The van der Waals surface area contributed by atoms with Gasteiger partial charge in [-0.3, -0.25) is 14.5 Å². The van der Waals surface area contributed by atoms with Gasteiger partial charge in [0.15, 0.2) is 5.82 Å². The number of amides is 2. The molecule has 1 aromatic heterocycles.